The SMILES string of the molecule is F[B-](F)(F)F.O=C(O)c1cc(-c2ccccc2)cc(-c2ccccc2)[n+]1-c1ccccc1. The third kappa shape index (κ3) is 6.04. The Balaban J connectivity index is 0.000000523. The first kappa shape index (κ1) is 22.7. The maximum Gasteiger partial charge on any atom is 0.673 e. The van der Waals surface area contributed by atoms with E-state index in [1.165, 1.54) is 0 Å². The van der Waals surface area contributed by atoms with Crippen molar-refractivity contribution in [3.63, 3.8) is 0 Å². The quantitative estimate of drug-likeness (QED) is 0.231. The van der Waals surface area contributed by atoms with Crippen LogP contribution in [0.4, 0.5) is 17.3 Å². The standard InChI is InChI=1S/C24H17NO2.BF4/c26-24(27)23-17-20(18-10-4-1-5-11-18)16-22(19-12-6-2-7-13-19)25(23)21-14-8-3-9-15-21;2-1(3,4)5/h1-17H;/q;-1/p+1. The lowest BCUT2D eigenvalue weighted by molar-refractivity contribution is -0.587. The van der Waals surface area contributed by atoms with E-state index >= 15 is 0 Å². The summed E-state index contributed by atoms with van der Waals surface area (Å²) in [5.41, 5.74) is 4.69. The summed E-state index contributed by atoms with van der Waals surface area (Å²) < 4.78 is 40.8. The summed E-state index contributed by atoms with van der Waals surface area (Å²) in [6, 6.07) is 33.1. The maximum atomic E-state index is 12.1. The molecule has 1 heterocycles. The molecule has 32 heavy (non-hydrogen) atoms. The van der Waals surface area contributed by atoms with Gasteiger partial charge in [0.05, 0.1) is 0 Å². The summed E-state index contributed by atoms with van der Waals surface area (Å²) in [5.74, 6) is -0.964. The number of para-hydroxylation sites is 1. The molecule has 0 fully saturated rings. The van der Waals surface area contributed by atoms with Gasteiger partial charge in [0.15, 0.2) is 0 Å². The van der Waals surface area contributed by atoms with Crippen LogP contribution < -0.4 is 4.57 Å². The van der Waals surface area contributed by atoms with Gasteiger partial charge in [-0.15, -0.1) is 4.57 Å². The van der Waals surface area contributed by atoms with Crippen LogP contribution in [-0.2, 0) is 0 Å². The van der Waals surface area contributed by atoms with Crippen LogP contribution in [0.2, 0.25) is 0 Å². The van der Waals surface area contributed by atoms with Crippen LogP contribution in [0.5, 0.6) is 0 Å². The monoisotopic (exact) mass is 439 g/mol. The van der Waals surface area contributed by atoms with Crippen molar-refractivity contribution in [3.8, 4) is 28.1 Å². The van der Waals surface area contributed by atoms with E-state index in [4.69, 9.17) is 0 Å². The van der Waals surface area contributed by atoms with Gasteiger partial charge in [-0.3, -0.25) is 0 Å². The molecule has 4 aromatic rings. The van der Waals surface area contributed by atoms with Gasteiger partial charge < -0.3 is 22.4 Å². The Labute approximate surface area is 182 Å². The van der Waals surface area contributed by atoms with Crippen LogP contribution in [0.3, 0.4) is 0 Å². The number of halogens is 4. The van der Waals surface area contributed by atoms with E-state index in [0.29, 0.717) is 0 Å². The van der Waals surface area contributed by atoms with Gasteiger partial charge >= 0.3 is 13.2 Å². The summed E-state index contributed by atoms with van der Waals surface area (Å²) in [5, 5.41) is 9.95. The number of pyridine rings is 1. The van der Waals surface area contributed by atoms with Gasteiger partial charge in [0.2, 0.25) is 11.4 Å². The molecule has 8 heteroatoms. The molecule has 162 valence electrons. The average molecular weight is 439 g/mol. The number of carbonyl (C=O) groups is 1. The minimum Gasteiger partial charge on any atom is -0.473 e. The van der Waals surface area contributed by atoms with Crippen molar-refractivity contribution in [2.45, 2.75) is 0 Å². The smallest absolute Gasteiger partial charge is 0.473 e. The summed E-state index contributed by atoms with van der Waals surface area (Å²) in [7, 11) is -6.00. The number of carboxylic acids is 1. The second-order valence-corrected chi connectivity index (χ2v) is 6.72. The molecule has 0 radical (unpaired) electrons. The van der Waals surface area contributed by atoms with E-state index in [-0.39, 0.29) is 5.69 Å². The summed E-state index contributed by atoms with van der Waals surface area (Å²) in [6.07, 6.45) is 0. The predicted molar refractivity (Wildman–Crippen MR) is 116 cm³/mol. The third-order valence-corrected chi connectivity index (χ3v) is 4.48. The number of aromatic nitrogens is 1. The lowest BCUT2D eigenvalue weighted by Gasteiger charge is -2.10. The molecule has 0 spiro atoms. The van der Waals surface area contributed by atoms with E-state index < -0.39 is 13.2 Å². The molecule has 1 N–H and O–H groups in total. The van der Waals surface area contributed by atoms with Crippen LogP contribution in [0.15, 0.2) is 103 Å². The number of rotatable bonds is 4. The molecule has 1 aromatic heterocycles. The molecule has 0 amide bonds. The van der Waals surface area contributed by atoms with Gasteiger partial charge in [0.1, 0.15) is 0 Å². The number of hydrogen-bond acceptors (Lipinski definition) is 1. The first-order valence-electron chi connectivity index (χ1n) is 9.61. The van der Waals surface area contributed by atoms with E-state index in [1.54, 1.807) is 10.6 Å². The molecule has 0 bridgehead atoms. The van der Waals surface area contributed by atoms with E-state index in [0.717, 1.165) is 28.1 Å². The average Bonchev–Trinajstić information content (AvgIpc) is 2.79. The number of carboxylic acid groups (broad SMARTS) is 1. The molecule has 0 aliphatic rings. The Hall–Kier alpha value is -3.94. The van der Waals surface area contributed by atoms with Crippen molar-refractivity contribution in [1.82, 2.24) is 0 Å². The minimum atomic E-state index is -6.00. The van der Waals surface area contributed by atoms with Gasteiger partial charge in [-0.2, -0.15) is 0 Å². The summed E-state index contributed by atoms with van der Waals surface area (Å²) in [6.45, 7) is 0. The summed E-state index contributed by atoms with van der Waals surface area (Å²) in [4.78, 5) is 12.1. The molecule has 0 aliphatic heterocycles. The molecule has 0 unspecified atom stereocenters. The van der Waals surface area contributed by atoms with Crippen LogP contribution in [0, 0.1) is 0 Å². The number of aromatic carboxylic acids is 1. The predicted octanol–water partition coefficient (Wildman–Crippen LogP) is 6.30. The van der Waals surface area contributed by atoms with E-state index in [2.05, 4.69) is 0 Å². The van der Waals surface area contributed by atoms with Crippen molar-refractivity contribution < 1.29 is 31.7 Å². The van der Waals surface area contributed by atoms with Crippen molar-refractivity contribution in [3.05, 3.63) is 109 Å². The second-order valence-electron chi connectivity index (χ2n) is 6.72. The minimum absolute atomic E-state index is 0.224. The fourth-order valence-corrected chi connectivity index (χ4v) is 3.23. The van der Waals surface area contributed by atoms with Crippen LogP contribution in [-0.4, -0.2) is 18.3 Å². The summed E-state index contributed by atoms with van der Waals surface area (Å²) >= 11 is 0. The highest BCUT2D eigenvalue weighted by Gasteiger charge is 2.27. The zero-order valence-electron chi connectivity index (χ0n) is 16.7. The molecule has 0 aliphatic carbocycles. The number of benzene rings is 3. The lowest BCUT2D eigenvalue weighted by Crippen LogP contribution is -2.40. The van der Waals surface area contributed by atoms with Crippen molar-refractivity contribution in [2.75, 3.05) is 0 Å². The Morgan fingerprint density at radius 3 is 1.56 bits per heavy atom. The van der Waals surface area contributed by atoms with Gasteiger partial charge in [-0.25, -0.2) is 4.79 Å². The number of hydrogen-bond donors (Lipinski definition) is 1. The maximum absolute atomic E-state index is 12.1. The lowest BCUT2D eigenvalue weighted by atomic mass is 10.0. The van der Waals surface area contributed by atoms with Crippen LogP contribution in [0.1, 0.15) is 10.5 Å². The molecule has 4 rings (SSSR count). The largest absolute Gasteiger partial charge is 0.673 e. The van der Waals surface area contributed by atoms with Crippen molar-refractivity contribution >= 4 is 13.2 Å². The topological polar surface area (TPSA) is 41.2 Å². The van der Waals surface area contributed by atoms with E-state index in [1.807, 2.05) is 97.1 Å². The Kier molecular flexibility index (Phi) is 7.05. The van der Waals surface area contributed by atoms with Crippen LogP contribution >= 0.6 is 0 Å². The Morgan fingerprint density at radius 1 is 0.656 bits per heavy atom. The first-order chi connectivity index (χ1) is 15.2. The molecule has 0 saturated carbocycles. The zero-order chi connectivity index (χ0) is 23.1. The zero-order valence-corrected chi connectivity index (χ0v) is 16.7. The molecule has 0 saturated heterocycles. The molecule has 3 aromatic carbocycles. The highest BCUT2D eigenvalue weighted by molar-refractivity contribution is 6.50. The number of nitrogens with zero attached hydrogens (tertiary/aromatic N) is 1. The Bertz CT molecular complexity index is 1180. The van der Waals surface area contributed by atoms with E-state index in [9.17, 15) is 27.2 Å². The third-order valence-electron chi connectivity index (χ3n) is 4.48. The Morgan fingerprint density at radius 2 is 1.09 bits per heavy atom. The van der Waals surface area contributed by atoms with Gasteiger partial charge in [0.25, 0.3) is 5.69 Å². The molecular weight excluding hydrogens is 421 g/mol. The normalized spacial score (nSPS) is 10.8. The van der Waals surface area contributed by atoms with Crippen LogP contribution in [0.25, 0.3) is 28.1 Å². The van der Waals surface area contributed by atoms with Crippen molar-refractivity contribution in [2.24, 2.45) is 0 Å². The fraction of sp³-hybridized carbons (Fsp3) is 0. The molecule has 3 nitrogen and oxygen atoms in total. The second kappa shape index (κ2) is 9.91. The fourth-order valence-electron chi connectivity index (χ4n) is 3.23. The van der Waals surface area contributed by atoms with Gasteiger partial charge in [-0.1, -0.05) is 66.7 Å². The first-order valence-corrected chi connectivity index (χ1v) is 9.61. The molecular formula is C24H18BF4NO2. The highest BCUT2D eigenvalue weighted by Crippen LogP contribution is 2.26. The highest BCUT2D eigenvalue weighted by atomic mass is 19.5. The van der Waals surface area contributed by atoms with Crippen molar-refractivity contribution in [1.29, 1.82) is 0 Å². The van der Waals surface area contributed by atoms with Gasteiger partial charge in [-0.05, 0) is 23.3 Å². The molecule has 0 atom stereocenters. The van der Waals surface area contributed by atoms with Gasteiger partial charge in [0, 0.05) is 29.8 Å².